The zero-order valence-electron chi connectivity index (χ0n) is 17.2. The van der Waals surface area contributed by atoms with E-state index in [1.807, 2.05) is 12.1 Å². The van der Waals surface area contributed by atoms with Crippen LogP contribution in [0, 0.1) is 0 Å². The van der Waals surface area contributed by atoms with Crippen LogP contribution < -0.4 is 4.68 Å². The molecule has 2 aromatic rings. The molecule has 0 aliphatic heterocycles. The molecule has 0 radical (unpaired) electrons. The molecule has 1 aliphatic rings. The van der Waals surface area contributed by atoms with Gasteiger partial charge in [-0.3, -0.25) is 9.59 Å². The van der Waals surface area contributed by atoms with E-state index in [2.05, 4.69) is 19.1 Å². The minimum absolute atomic E-state index is 0.0714. The number of rotatable bonds is 11. The molecule has 150 valence electrons. The van der Waals surface area contributed by atoms with Gasteiger partial charge in [-0.25, -0.2) is 0 Å². The van der Waals surface area contributed by atoms with Crippen LogP contribution in [0.1, 0.15) is 104 Å². The second kappa shape index (κ2) is 9.76. The molecular weight excluding hydrogens is 350 g/mol. The summed E-state index contributed by atoms with van der Waals surface area (Å²) >= 11 is 0. The number of ketones is 2. The van der Waals surface area contributed by atoms with Gasteiger partial charge in [-0.1, -0.05) is 70.2 Å². The summed E-state index contributed by atoms with van der Waals surface area (Å²) in [7, 11) is 0. The molecule has 28 heavy (non-hydrogen) atoms. The molecule has 5 nitrogen and oxygen atoms in total. The number of hydrogen-bond acceptors (Lipinski definition) is 3. The van der Waals surface area contributed by atoms with Crippen molar-refractivity contribution in [2.75, 3.05) is 0 Å². The summed E-state index contributed by atoms with van der Waals surface area (Å²) in [5, 5.41) is 4.67. The van der Waals surface area contributed by atoms with E-state index in [9.17, 15) is 9.59 Å². The smallest absolute Gasteiger partial charge is 0.249 e. The zero-order chi connectivity index (χ0) is 19.9. The van der Waals surface area contributed by atoms with Gasteiger partial charge in [0.25, 0.3) is 0 Å². The minimum atomic E-state index is -0.0732. The van der Waals surface area contributed by atoms with Crippen LogP contribution in [0.4, 0.5) is 0 Å². The third kappa shape index (κ3) is 4.23. The summed E-state index contributed by atoms with van der Waals surface area (Å²) in [6.07, 6.45) is 10.3. The Hall–Kier alpha value is -2.30. The fourth-order valence-electron chi connectivity index (χ4n) is 3.91. The van der Waals surface area contributed by atoms with Crippen LogP contribution >= 0.6 is 0 Å². The van der Waals surface area contributed by atoms with Gasteiger partial charge in [-0.2, -0.15) is 0 Å². The zero-order valence-corrected chi connectivity index (χ0v) is 17.2. The van der Waals surface area contributed by atoms with Crippen LogP contribution in [-0.2, 0) is 13.1 Å². The highest BCUT2D eigenvalue weighted by molar-refractivity contribution is 6.26. The summed E-state index contributed by atoms with van der Waals surface area (Å²) in [4.78, 5) is 26.3. The largest absolute Gasteiger partial charge is 0.284 e. The predicted octanol–water partition coefficient (Wildman–Crippen LogP) is 4.50. The van der Waals surface area contributed by atoms with Crippen molar-refractivity contribution in [3.05, 3.63) is 46.8 Å². The summed E-state index contributed by atoms with van der Waals surface area (Å²) in [5.74, 6) is -0.145. The van der Waals surface area contributed by atoms with Gasteiger partial charge in [-0.05, 0) is 25.7 Å². The molecule has 1 aliphatic carbocycles. The predicted molar refractivity (Wildman–Crippen MR) is 109 cm³/mol. The van der Waals surface area contributed by atoms with E-state index in [0.29, 0.717) is 35.6 Å². The Morgan fingerprint density at radius 2 is 1.43 bits per heavy atom. The van der Waals surface area contributed by atoms with E-state index in [1.54, 1.807) is 21.5 Å². The van der Waals surface area contributed by atoms with Crippen LogP contribution in [0.25, 0.3) is 0 Å². The van der Waals surface area contributed by atoms with Crippen LogP contribution in [-0.4, -0.2) is 21.5 Å². The van der Waals surface area contributed by atoms with Crippen molar-refractivity contribution in [1.82, 2.24) is 9.90 Å². The van der Waals surface area contributed by atoms with Crippen molar-refractivity contribution in [2.24, 2.45) is 0 Å². The maximum absolute atomic E-state index is 13.2. The average Bonchev–Trinajstić information content (AvgIpc) is 3.08. The first kappa shape index (κ1) is 20.4. The second-order valence-electron chi connectivity index (χ2n) is 7.71. The number of benzene rings is 1. The lowest BCUT2D eigenvalue weighted by Crippen LogP contribution is -2.43. The standard InChI is InChI=1S/C23H32N3O2/c1-3-5-7-8-9-13-17-26-21-20(25(24-26)16-12-6-4-2)22(27)18-14-10-11-15-19(18)23(21)28/h10-11,14-15H,3-9,12-13,16-17H2,1-2H3/q+1. The van der Waals surface area contributed by atoms with Gasteiger partial charge in [-0.15, -0.1) is 9.36 Å². The van der Waals surface area contributed by atoms with E-state index in [-0.39, 0.29) is 11.6 Å². The number of aryl methyl sites for hydroxylation is 2. The van der Waals surface area contributed by atoms with Gasteiger partial charge >= 0.3 is 0 Å². The number of unbranched alkanes of at least 4 members (excludes halogenated alkanes) is 7. The highest BCUT2D eigenvalue weighted by atomic mass is 16.1. The number of carbonyl (C=O) groups is 2. The first-order valence-corrected chi connectivity index (χ1v) is 10.9. The molecule has 0 unspecified atom stereocenters. The monoisotopic (exact) mass is 382 g/mol. The van der Waals surface area contributed by atoms with Crippen molar-refractivity contribution in [2.45, 2.75) is 84.7 Å². The number of carbonyl (C=O) groups excluding carboxylic acids is 2. The maximum Gasteiger partial charge on any atom is 0.249 e. The van der Waals surface area contributed by atoms with Crippen LogP contribution in [0.2, 0.25) is 0 Å². The Bertz CT molecular complexity index is 838. The average molecular weight is 383 g/mol. The molecule has 0 spiro atoms. The van der Waals surface area contributed by atoms with Crippen molar-refractivity contribution < 1.29 is 14.3 Å². The van der Waals surface area contributed by atoms with E-state index >= 15 is 0 Å². The molecule has 1 heterocycles. The Morgan fingerprint density at radius 3 is 2.14 bits per heavy atom. The Morgan fingerprint density at radius 1 is 0.821 bits per heavy atom. The third-order valence-corrected chi connectivity index (χ3v) is 5.50. The van der Waals surface area contributed by atoms with Crippen LogP contribution in [0.15, 0.2) is 24.3 Å². The van der Waals surface area contributed by atoms with Gasteiger partial charge in [0, 0.05) is 11.1 Å². The van der Waals surface area contributed by atoms with Crippen LogP contribution in [0.3, 0.4) is 0 Å². The fourth-order valence-corrected chi connectivity index (χ4v) is 3.91. The van der Waals surface area contributed by atoms with Gasteiger partial charge in [0.1, 0.15) is 13.1 Å². The van der Waals surface area contributed by atoms with E-state index < -0.39 is 0 Å². The van der Waals surface area contributed by atoms with Crippen molar-refractivity contribution in [1.29, 1.82) is 0 Å². The molecule has 5 heteroatoms. The third-order valence-electron chi connectivity index (χ3n) is 5.50. The molecular formula is C23H32N3O2+. The number of hydrogen-bond donors (Lipinski definition) is 0. The maximum atomic E-state index is 13.2. The van der Waals surface area contributed by atoms with Crippen molar-refractivity contribution in [3.63, 3.8) is 0 Å². The van der Waals surface area contributed by atoms with Crippen molar-refractivity contribution >= 4 is 11.6 Å². The molecule has 0 atom stereocenters. The lowest BCUT2D eigenvalue weighted by atomic mass is 9.90. The molecule has 1 aromatic heterocycles. The van der Waals surface area contributed by atoms with Crippen LogP contribution in [0.5, 0.6) is 0 Å². The van der Waals surface area contributed by atoms with E-state index in [0.717, 1.165) is 32.1 Å². The molecule has 0 saturated carbocycles. The van der Waals surface area contributed by atoms with Gasteiger partial charge < -0.3 is 0 Å². The fraction of sp³-hybridized carbons (Fsp3) is 0.565. The topological polar surface area (TPSA) is 55.8 Å². The molecule has 0 amide bonds. The summed E-state index contributed by atoms with van der Waals surface area (Å²) < 4.78 is 3.57. The quantitative estimate of drug-likeness (QED) is 0.362. The normalized spacial score (nSPS) is 12.9. The highest BCUT2D eigenvalue weighted by Crippen LogP contribution is 2.25. The molecule has 0 saturated heterocycles. The van der Waals surface area contributed by atoms with Gasteiger partial charge in [0.2, 0.25) is 23.0 Å². The lowest BCUT2D eigenvalue weighted by Gasteiger charge is -2.11. The van der Waals surface area contributed by atoms with E-state index in [4.69, 9.17) is 0 Å². The molecule has 0 N–H and O–H groups in total. The number of nitrogens with zero attached hydrogens (tertiary/aromatic N) is 3. The molecule has 0 fully saturated rings. The molecule has 1 aromatic carbocycles. The van der Waals surface area contributed by atoms with Gasteiger partial charge in [0.05, 0.1) is 5.21 Å². The Kier molecular flexibility index (Phi) is 7.12. The number of fused-ring (bicyclic) bond motifs is 2. The molecule has 0 bridgehead atoms. The second-order valence-corrected chi connectivity index (χ2v) is 7.71. The Balaban J connectivity index is 1.85. The van der Waals surface area contributed by atoms with E-state index in [1.165, 1.54) is 25.7 Å². The lowest BCUT2D eigenvalue weighted by molar-refractivity contribution is -0.757. The first-order valence-electron chi connectivity index (χ1n) is 10.9. The van der Waals surface area contributed by atoms with Crippen molar-refractivity contribution in [3.8, 4) is 0 Å². The Labute approximate surface area is 167 Å². The highest BCUT2D eigenvalue weighted by Gasteiger charge is 2.42. The summed E-state index contributed by atoms with van der Waals surface area (Å²) in [6.45, 7) is 5.74. The molecule has 3 rings (SSSR count). The number of aromatic nitrogens is 3. The summed E-state index contributed by atoms with van der Waals surface area (Å²) in [6, 6.07) is 7.14. The van der Waals surface area contributed by atoms with Gasteiger partial charge in [0.15, 0.2) is 0 Å². The summed E-state index contributed by atoms with van der Waals surface area (Å²) in [5.41, 5.74) is 1.97. The first-order chi connectivity index (χ1) is 13.7. The minimum Gasteiger partial charge on any atom is -0.284 e. The SMILES string of the molecule is CCCCCCCCn1n[n+](CCCCC)c2c1C(=O)c1ccccc1C2=O.